The average molecular weight is 368 g/mol. The Labute approximate surface area is 150 Å². The first-order chi connectivity index (χ1) is 11.1. The predicted molar refractivity (Wildman–Crippen MR) is 101 cm³/mol. The summed E-state index contributed by atoms with van der Waals surface area (Å²) in [5.41, 5.74) is 9.88. The first-order valence-electron chi connectivity index (χ1n) is 7.55. The van der Waals surface area contributed by atoms with E-state index in [9.17, 15) is 0 Å². The smallest absolute Gasteiger partial charge is 0.0514 e. The molecule has 1 aromatic heterocycles. The van der Waals surface area contributed by atoms with E-state index >= 15 is 0 Å². The van der Waals surface area contributed by atoms with Crippen molar-refractivity contribution >= 4 is 45.7 Å². The fourth-order valence-corrected chi connectivity index (χ4v) is 3.52. The lowest BCUT2D eigenvalue weighted by Gasteiger charge is -2.07. The van der Waals surface area contributed by atoms with E-state index in [-0.39, 0.29) is 0 Å². The van der Waals surface area contributed by atoms with Crippen LogP contribution in [0.2, 0.25) is 15.1 Å². The summed E-state index contributed by atoms with van der Waals surface area (Å²) < 4.78 is 0. The lowest BCUT2D eigenvalue weighted by atomic mass is 10.0. The molecule has 5 heteroatoms. The van der Waals surface area contributed by atoms with Gasteiger partial charge in [0.1, 0.15) is 0 Å². The Morgan fingerprint density at radius 3 is 2.39 bits per heavy atom. The molecule has 23 heavy (non-hydrogen) atoms. The van der Waals surface area contributed by atoms with Crippen molar-refractivity contribution in [2.75, 3.05) is 6.54 Å². The van der Waals surface area contributed by atoms with Crippen LogP contribution >= 0.6 is 34.8 Å². The summed E-state index contributed by atoms with van der Waals surface area (Å²) in [6, 6.07) is 11.4. The van der Waals surface area contributed by atoms with Gasteiger partial charge in [0.2, 0.25) is 0 Å². The molecule has 0 aliphatic rings. The normalized spacial score (nSPS) is 11.3. The van der Waals surface area contributed by atoms with Crippen molar-refractivity contribution in [2.24, 2.45) is 5.73 Å². The predicted octanol–water partition coefficient (Wildman–Crippen LogP) is 6.08. The number of hydrogen-bond acceptors (Lipinski definition) is 1. The van der Waals surface area contributed by atoms with Crippen LogP contribution < -0.4 is 5.73 Å². The third kappa shape index (κ3) is 3.51. The molecule has 3 aromatic rings. The van der Waals surface area contributed by atoms with Gasteiger partial charge in [-0.2, -0.15) is 0 Å². The Balaban J connectivity index is 2.16. The molecule has 1 heterocycles. The minimum atomic E-state index is 0.627. The van der Waals surface area contributed by atoms with E-state index < -0.39 is 0 Å². The standard InChI is InChI=1S/C18H17Cl3N2/c19-11-5-7-17-15(9-11)13(3-1-2-8-22)18(23-17)14-6-4-12(20)10-16(14)21/h4-7,9-10,23H,1-3,8,22H2. The van der Waals surface area contributed by atoms with Crippen molar-refractivity contribution in [3.63, 3.8) is 0 Å². The minimum Gasteiger partial charge on any atom is -0.354 e. The molecule has 3 N–H and O–H groups in total. The SMILES string of the molecule is NCCCCc1c(-c2ccc(Cl)cc2Cl)[nH]c2ccc(Cl)cc12. The van der Waals surface area contributed by atoms with Gasteiger partial charge in [0.15, 0.2) is 0 Å². The number of halogens is 3. The van der Waals surface area contributed by atoms with Crippen LogP contribution in [0.15, 0.2) is 36.4 Å². The number of nitrogens with two attached hydrogens (primary N) is 1. The highest BCUT2D eigenvalue weighted by Crippen LogP contribution is 2.37. The van der Waals surface area contributed by atoms with Gasteiger partial charge in [-0.1, -0.05) is 34.8 Å². The summed E-state index contributed by atoms with van der Waals surface area (Å²) in [5, 5.41) is 3.12. The number of rotatable bonds is 5. The first kappa shape index (κ1) is 16.7. The molecule has 0 unspecified atom stereocenters. The maximum absolute atomic E-state index is 6.41. The maximum Gasteiger partial charge on any atom is 0.0514 e. The second-order valence-corrected chi connectivity index (χ2v) is 6.82. The van der Waals surface area contributed by atoms with Crippen LogP contribution in [0, 0.1) is 0 Å². The van der Waals surface area contributed by atoms with Crippen molar-refractivity contribution in [3.05, 3.63) is 57.0 Å². The van der Waals surface area contributed by atoms with Gasteiger partial charge >= 0.3 is 0 Å². The largest absolute Gasteiger partial charge is 0.354 e. The van der Waals surface area contributed by atoms with E-state index in [1.54, 1.807) is 6.07 Å². The zero-order valence-corrected chi connectivity index (χ0v) is 14.8. The molecule has 2 aromatic carbocycles. The zero-order chi connectivity index (χ0) is 16.4. The molecule has 0 spiro atoms. The molecule has 0 radical (unpaired) electrons. The fourth-order valence-electron chi connectivity index (χ4n) is 2.85. The summed E-state index contributed by atoms with van der Waals surface area (Å²) in [6.07, 6.45) is 2.93. The molecule has 3 rings (SSSR count). The van der Waals surface area contributed by atoms with Crippen LogP contribution in [0.4, 0.5) is 0 Å². The molecule has 0 aliphatic heterocycles. The summed E-state index contributed by atoms with van der Waals surface area (Å²) in [7, 11) is 0. The first-order valence-corrected chi connectivity index (χ1v) is 8.69. The molecule has 0 amide bonds. The number of nitrogens with one attached hydrogen (secondary N) is 1. The second-order valence-electron chi connectivity index (χ2n) is 5.54. The van der Waals surface area contributed by atoms with Crippen LogP contribution in [-0.4, -0.2) is 11.5 Å². The topological polar surface area (TPSA) is 41.8 Å². The highest BCUT2D eigenvalue weighted by molar-refractivity contribution is 6.36. The number of hydrogen-bond donors (Lipinski definition) is 2. The zero-order valence-electron chi connectivity index (χ0n) is 12.5. The van der Waals surface area contributed by atoms with Crippen molar-refractivity contribution in [3.8, 4) is 11.3 Å². The third-order valence-electron chi connectivity index (χ3n) is 3.95. The Hall–Kier alpha value is -1.19. The van der Waals surface area contributed by atoms with E-state index in [1.807, 2.05) is 30.3 Å². The van der Waals surface area contributed by atoms with Crippen molar-refractivity contribution in [1.82, 2.24) is 4.98 Å². The molecule has 0 aliphatic carbocycles. The van der Waals surface area contributed by atoms with Crippen LogP contribution in [-0.2, 0) is 6.42 Å². The summed E-state index contributed by atoms with van der Waals surface area (Å²) in [6.45, 7) is 0.695. The number of unbranched alkanes of at least 4 members (excludes halogenated alkanes) is 1. The van der Waals surface area contributed by atoms with Crippen LogP contribution in [0.3, 0.4) is 0 Å². The van der Waals surface area contributed by atoms with Gasteiger partial charge in [0, 0.05) is 26.5 Å². The molecule has 120 valence electrons. The number of H-pyrrole nitrogens is 1. The van der Waals surface area contributed by atoms with E-state index in [1.165, 1.54) is 5.56 Å². The van der Waals surface area contributed by atoms with Gasteiger partial charge in [0.25, 0.3) is 0 Å². The van der Waals surface area contributed by atoms with E-state index in [4.69, 9.17) is 40.5 Å². The minimum absolute atomic E-state index is 0.627. The van der Waals surface area contributed by atoms with Crippen LogP contribution in [0.1, 0.15) is 18.4 Å². The van der Waals surface area contributed by atoms with Crippen LogP contribution in [0.5, 0.6) is 0 Å². The Bertz CT molecular complexity index is 840. The van der Waals surface area contributed by atoms with Crippen molar-refractivity contribution in [1.29, 1.82) is 0 Å². The van der Waals surface area contributed by atoms with Gasteiger partial charge in [0.05, 0.1) is 10.7 Å². The maximum atomic E-state index is 6.41. The Morgan fingerprint density at radius 2 is 1.65 bits per heavy atom. The molecule has 2 nitrogen and oxygen atoms in total. The molecule has 0 fully saturated rings. The van der Waals surface area contributed by atoms with Gasteiger partial charge in [-0.25, -0.2) is 0 Å². The van der Waals surface area contributed by atoms with Crippen molar-refractivity contribution in [2.45, 2.75) is 19.3 Å². The summed E-state index contributed by atoms with van der Waals surface area (Å²) in [4.78, 5) is 3.48. The highest BCUT2D eigenvalue weighted by atomic mass is 35.5. The number of aryl methyl sites for hydroxylation is 1. The van der Waals surface area contributed by atoms with Crippen LogP contribution in [0.25, 0.3) is 22.2 Å². The molecule has 0 atom stereocenters. The number of benzene rings is 2. The van der Waals surface area contributed by atoms with E-state index in [0.29, 0.717) is 16.6 Å². The van der Waals surface area contributed by atoms with Gasteiger partial charge in [-0.05, 0) is 67.8 Å². The monoisotopic (exact) mass is 366 g/mol. The highest BCUT2D eigenvalue weighted by Gasteiger charge is 2.15. The lowest BCUT2D eigenvalue weighted by molar-refractivity contribution is 0.748. The van der Waals surface area contributed by atoms with Gasteiger partial charge in [-0.15, -0.1) is 0 Å². The van der Waals surface area contributed by atoms with Crippen molar-refractivity contribution < 1.29 is 0 Å². The number of aromatic amines is 1. The lowest BCUT2D eigenvalue weighted by Crippen LogP contribution is -1.99. The molecular formula is C18H17Cl3N2. The summed E-state index contributed by atoms with van der Waals surface area (Å²) in [5.74, 6) is 0. The molecular weight excluding hydrogens is 351 g/mol. The van der Waals surface area contributed by atoms with Gasteiger partial charge < -0.3 is 10.7 Å². The molecule has 0 saturated carbocycles. The average Bonchev–Trinajstić information content (AvgIpc) is 2.85. The molecule has 0 saturated heterocycles. The van der Waals surface area contributed by atoms with Gasteiger partial charge in [-0.3, -0.25) is 0 Å². The molecule has 0 bridgehead atoms. The summed E-state index contributed by atoms with van der Waals surface area (Å²) >= 11 is 18.6. The van der Waals surface area contributed by atoms with E-state index in [0.717, 1.165) is 46.4 Å². The Morgan fingerprint density at radius 1 is 0.913 bits per heavy atom. The number of fused-ring (bicyclic) bond motifs is 1. The van der Waals surface area contributed by atoms with E-state index in [2.05, 4.69) is 4.98 Å². The fraction of sp³-hybridized carbons (Fsp3) is 0.222. The third-order valence-corrected chi connectivity index (χ3v) is 4.73. The Kier molecular flexibility index (Phi) is 5.17. The number of aromatic nitrogens is 1. The quantitative estimate of drug-likeness (QED) is 0.527. The second kappa shape index (κ2) is 7.14.